The van der Waals surface area contributed by atoms with Crippen LogP contribution in [0.1, 0.15) is 29.7 Å². The molecule has 0 spiro atoms. The summed E-state index contributed by atoms with van der Waals surface area (Å²) in [4.78, 5) is 30.4. The van der Waals surface area contributed by atoms with Crippen molar-refractivity contribution in [2.45, 2.75) is 19.4 Å². The van der Waals surface area contributed by atoms with Crippen molar-refractivity contribution in [2.24, 2.45) is 4.99 Å². The first-order valence-electron chi connectivity index (χ1n) is 9.73. The molecule has 0 saturated heterocycles. The number of phenols is 1. The Morgan fingerprint density at radius 2 is 2.03 bits per heavy atom. The molecule has 0 radical (unpaired) electrons. The number of fused-ring (bicyclic) bond motifs is 2. The van der Waals surface area contributed by atoms with Gasteiger partial charge in [-0.05, 0) is 47.9 Å². The van der Waals surface area contributed by atoms with Gasteiger partial charge in [-0.2, -0.15) is 0 Å². The van der Waals surface area contributed by atoms with Gasteiger partial charge in [0.05, 0.1) is 28.5 Å². The highest BCUT2D eigenvalue weighted by Crippen LogP contribution is 2.34. The van der Waals surface area contributed by atoms with Crippen molar-refractivity contribution in [1.82, 2.24) is 4.57 Å². The van der Waals surface area contributed by atoms with Gasteiger partial charge in [0.25, 0.3) is 5.56 Å². The average Bonchev–Trinajstić information content (AvgIpc) is 3.32. The van der Waals surface area contributed by atoms with Gasteiger partial charge in [-0.3, -0.25) is 9.36 Å². The van der Waals surface area contributed by atoms with E-state index in [2.05, 4.69) is 4.99 Å². The van der Waals surface area contributed by atoms with Crippen molar-refractivity contribution >= 4 is 23.4 Å². The summed E-state index contributed by atoms with van der Waals surface area (Å²) >= 11 is 1.21. The number of rotatable bonds is 3. The van der Waals surface area contributed by atoms with Gasteiger partial charge in [-0.15, -0.1) is 0 Å². The van der Waals surface area contributed by atoms with Crippen molar-refractivity contribution in [3.05, 3.63) is 90.1 Å². The topological polar surface area (TPSA) is 101 Å². The Labute approximate surface area is 180 Å². The minimum Gasteiger partial charge on any atom is -0.508 e. The lowest BCUT2D eigenvalue weighted by atomic mass is 9.94. The molecule has 0 amide bonds. The van der Waals surface area contributed by atoms with Gasteiger partial charge >= 0.3 is 5.97 Å². The second-order valence-corrected chi connectivity index (χ2v) is 8.45. The number of aliphatic carboxylic acids is 1. The van der Waals surface area contributed by atoms with E-state index in [1.54, 1.807) is 37.3 Å². The lowest BCUT2D eigenvalue weighted by Crippen LogP contribution is -2.39. The molecule has 1 unspecified atom stereocenters. The number of phenolic OH excluding ortho intramolecular Hbond substituents is 1. The first-order chi connectivity index (χ1) is 14.9. The zero-order valence-corrected chi connectivity index (χ0v) is 17.3. The lowest BCUT2D eigenvalue weighted by molar-refractivity contribution is -0.133. The number of ether oxygens (including phenoxy) is 1. The zero-order chi connectivity index (χ0) is 21.7. The van der Waals surface area contributed by atoms with E-state index in [0.717, 1.165) is 23.3 Å². The second-order valence-electron chi connectivity index (χ2n) is 7.44. The molecule has 3 heterocycles. The van der Waals surface area contributed by atoms with E-state index in [1.165, 1.54) is 15.9 Å². The minimum absolute atomic E-state index is 0.0709. The number of benzene rings is 2. The molecular weight excluding hydrogens is 416 g/mol. The Hall–Kier alpha value is -3.65. The highest BCUT2D eigenvalue weighted by Gasteiger charge is 2.33. The third-order valence-corrected chi connectivity index (χ3v) is 6.46. The van der Waals surface area contributed by atoms with Crippen LogP contribution < -0.4 is 19.6 Å². The summed E-state index contributed by atoms with van der Waals surface area (Å²) in [6, 6.07) is 11.3. The summed E-state index contributed by atoms with van der Waals surface area (Å²) in [5, 5.41) is 19.4. The maximum absolute atomic E-state index is 13.4. The maximum Gasteiger partial charge on any atom is 0.335 e. The Kier molecular flexibility index (Phi) is 4.51. The van der Waals surface area contributed by atoms with Crippen LogP contribution in [0.25, 0.3) is 6.08 Å². The second kappa shape index (κ2) is 7.24. The van der Waals surface area contributed by atoms with E-state index < -0.39 is 12.0 Å². The average molecular weight is 434 g/mol. The largest absolute Gasteiger partial charge is 0.508 e. The molecule has 0 fully saturated rings. The first-order valence-corrected chi connectivity index (χ1v) is 10.5. The number of carbonyl (C=O) groups is 1. The number of carboxylic acid groups (broad SMARTS) is 1. The Balaban J connectivity index is 1.73. The van der Waals surface area contributed by atoms with Crippen LogP contribution in [-0.4, -0.2) is 27.4 Å². The molecule has 31 heavy (non-hydrogen) atoms. The summed E-state index contributed by atoms with van der Waals surface area (Å²) in [7, 11) is 0. The molecule has 2 aliphatic heterocycles. The summed E-state index contributed by atoms with van der Waals surface area (Å²) in [6.07, 6.45) is 2.53. The van der Waals surface area contributed by atoms with Crippen molar-refractivity contribution in [2.75, 3.05) is 6.61 Å². The number of hydrogen-bond acceptors (Lipinski definition) is 6. The Bertz CT molecular complexity index is 1430. The van der Waals surface area contributed by atoms with E-state index in [0.29, 0.717) is 27.2 Å². The number of carboxylic acids is 1. The molecule has 1 atom stereocenters. The van der Waals surface area contributed by atoms with Gasteiger partial charge in [-0.25, -0.2) is 9.79 Å². The van der Waals surface area contributed by atoms with Crippen LogP contribution in [0.4, 0.5) is 0 Å². The quantitative estimate of drug-likeness (QED) is 0.656. The summed E-state index contributed by atoms with van der Waals surface area (Å²) in [5.41, 5.74) is 2.62. The molecule has 2 aromatic carbocycles. The predicted molar refractivity (Wildman–Crippen MR) is 115 cm³/mol. The third-order valence-electron chi connectivity index (χ3n) is 5.48. The van der Waals surface area contributed by atoms with Gasteiger partial charge < -0.3 is 14.9 Å². The molecule has 2 N–H and O–H groups in total. The van der Waals surface area contributed by atoms with E-state index in [-0.39, 0.29) is 16.9 Å². The standard InChI is InChI=1S/C23H18N2O5S/c1-12-19(22(28)29)20(15-5-4-14-8-9-30-17(14)11-15)25-21(27)18(31-23(25)24-12)10-13-2-6-16(26)7-3-13/h2-7,10-11,20,26H,8-9H2,1H3,(H,28,29)/b18-10-. The molecule has 1 aromatic heterocycles. The fourth-order valence-electron chi connectivity index (χ4n) is 3.99. The summed E-state index contributed by atoms with van der Waals surface area (Å²) < 4.78 is 7.55. The van der Waals surface area contributed by atoms with E-state index in [9.17, 15) is 19.8 Å². The van der Waals surface area contributed by atoms with Crippen molar-refractivity contribution < 1.29 is 19.7 Å². The van der Waals surface area contributed by atoms with Gasteiger partial charge in [-0.1, -0.05) is 35.6 Å². The molecule has 0 saturated carbocycles. The fourth-order valence-corrected chi connectivity index (χ4v) is 5.03. The van der Waals surface area contributed by atoms with Crippen LogP contribution in [0.5, 0.6) is 11.5 Å². The van der Waals surface area contributed by atoms with E-state index in [1.807, 2.05) is 18.2 Å². The normalized spacial score (nSPS) is 17.7. The van der Waals surface area contributed by atoms with Gasteiger partial charge in [0.2, 0.25) is 0 Å². The van der Waals surface area contributed by atoms with Crippen molar-refractivity contribution in [3.63, 3.8) is 0 Å². The number of aromatic hydroxyl groups is 1. The smallest absolute Gasteiger partial charge is 0.335 e. The number of aromatic nitrogens is 1. The number of allylic oxidation sites excluding steroid dienone is 1. The van der Waals surface area contributed by atoms with Gasteiger partial charge in [0.1, 0.15) is 11.5 Å². The molecule has 5 rings (SSSR count). The Morgan fingerprint density at radius 1 is 1.26 bits per heavy atom. The van der Waals surface area contributed by atoms with Crippen LogP contribution in [0.2, 0.25) is 0 Å². The lowest BCUT2D eigenvalue weighted by Gasteiger charge is -2.23. The maximum atomic E-state index is 13.4. The molecule has 156 valence electrons. The first kappa shape index (κ1) is 19.3. The van der Waals surface area contributed by atoms with Crippen LogP contribution in [0.15, 0.2) is 63.5 Å². The SMILES string of the molecule is CC1=C(C(=O)O)C(c2ccc3c(c2)OCC3)n2c(s/c(=C\c3ccc(O)cc3)c2=O)=N1. The predicted octanol–water partition coefficient (Wildman–Crippen LogP) is 1.96. The number of hydrogen-bond donors (Lipinski definition) is 2. The Morgan fingerprint density at radius 3 is 2.77 bits per heavy atom. The molecular formula is C23H18N2O5S. The van der Waals surface area contributed by atoms with Crippen molar-refractivity contribution in [1.29, 1.82) is 0 Å². The van der Waals surface area contributed by atoms with Crippen LogP contribution >= 0.6 is 11.3 Å². The van der Waals surface area contributed by atoms with Gasteiger partial charge in [0, 0.05) is 6.42 Å². The molecule has 0 bridgehead atoms. The molecule has 0 aliphatic carbocycles. The molecule has 3 aromatic rings. The summed E-state index contributed by atoms with van der Waals surface area (Å²) in [5.74, 6) is -0.247. The van der Waals surface area contributed by atoms with Crippen molar-refractivity contribution in [3.8, 4) is 11.5 Å². The van der Waals surface area contributed by atoms with E-state index in [4.69, 9.17) is 4.74 Å². The van der Waals surface area contributed by atoms with E-state index >= 15 is 0 Å². The third kappa shape index (κ3) is 3.25. The number of nitrogens with zero attached hydrogens (tertiary/aromatic N) is 2. The summed E-state index contributed by atoms with van der Waals surface area (Å²) in [6.45, 7) is 2.24. The molecule has 7 nitrogen and oxygen atoms in total. The zero-order valence-electron chi connectivity index (χ0n) is 16.5. The molecule has 8 heteroatoms. The van der Waals surface area contributed by atoms with Crippen LogP contribution in [0.3, 0.4) is 0 Å². The highest BCUT2D eigenvalue weighted by molar-refractivity contribution is 7.07. The minimum atomic E-state index is -1.11. The fraction of sp³-hybridized carbons (Fsp3) is 0.174. The highest BCUT2D eigenvalue weighted by atomic mass is 32.1. The van der Waals surface area contributed by atoms with Gasteiger partial charge in [0.15, 0.2) is 4.80 Å². The van der Waals surface area contributed by atoms with Crippen LogP contribution in [-0.2, 0) is 11.2 Å². The number of thiazole rings is 1. The monoisotopic (exact) mass is 434 g/mol. The van der Waals surface area contributed by atoms with Crippen LogP contribution in [0, 0.1) is 0 Å². The molecule has 2 aliphatic rings.